The van der Waals surface area contributed by atoms with Crippen LogP contribution < -0.4 is 0 Å². The summed E-state index contributed by atoms with van der Waals surface area (Å²) in [7, 11) is -2.16. The van der Waals surface area contributed by atoms with Crippen molar-refractivity contribution in [2.24, 2.45) is 0 Å². The van der Waals surface area contributed by atoms with E-state index in [2.05, 4.69) is 48.1 Å². The lowest BCUT2D eigenvalue weighted by Gasteiger charge is -2.43. The normalized spacial score (nSPS) is 14.3. The van der Waals surface area contributed by atoms with E-state index in [9.17, 15) is 9.90 Å². The van der Waals surface area contributed by atoms with Crippen LogP contribution in [-0.2, 0) is 20.6 Å². The summed E-state index contributed by atoms with van der Waals surface area (Å²) < 4.78 is 11.7. The van der Waals surface area contributed by atoms with E-state index in [1.807, 2.05) is 30.3 Å². The molecule has 27 heavy (non-hydrogen) atoms. The zero-order valence-corrected chi connectivity index (χ0v) is 18.9. The highest BCUT2D eigenvalue weighted by molar-refractivity contribution is 6.77. The third kappa shape index (κ3) is 5.94. The van der Waals surface area contributed by atoms with Crippen LogP contribution in [0.2, 0.25) is 16.6 Å². The predicted molar refractivity (Wildman–Crippen MR) is 113 cm³/mol. The van der Waals surface area contributed by atoms with Gasteiger partial charge in [0, 0.05) is 6.42 Å². The minimum absolute atomic E-state index is 0.0293. The Bertz CT molecular complexity index is 599. The number of rotatable bonds is 10. The Morgan fingerprint density at radius 2 is 1.56 bits per heavy atom. The van der Waals surface area contributed by atoms with Crippen molar-refractivity contribution >= 4 is 14.3 Å². The lowest BCUT2D eigenvalue weighted by molar-refractivity contribution is -0.165. The van der Waals surface area contributed by atoms with Gasteiger partial charge in [0.1, 0.15) is 6.61 Å². The average molecular weight is 393 g/mol. The van der Waals surface area contributed by atoms with E-state index in [0.29, 0.717) is 22.4 Å². The van der Waals surface area contributed by atoms with Crippen molar-refractivity contribution < 1.29 is 19.1 Å². The van der Waals surface area contributed by atoms with Crippen molar-refractivity contribution in [2.75, 3.05) is 0 Å². The maximum Gasteiger partial charge on any atom is 0.338 e. The van der Waals surface area contributed by atoms with Crippen LogP contribution in [0.4, 0.5) is 0 Å². The summed E-state index contributed by atoms with van der Waals surface area (Å²) in [5, 5.41) is 10.6. The van der Waals surface area contributed by atoms with Crippen molar-refractivity contribution in [2.45, 2.75) is 83.7 Å². The largest absolute Gasteiger partial charge is 0.546 e. The van der Waals surface area contributed by atoms with Gasteiger partial charge < -0.3 is 14.3 Å². The summed E-state index contributed by atoms with van der Waals surface area (Å²) in [5.41, 5.74) is 0.386. The summed E-state index contributed by atoms with van der Waals surface area (Å²) in [5.74, 6) is -0.207. The van der Waals surface area contributed by atoms with Crippen molar-refractivity contribution in [3.05, 3.63) is 48.2 Å². The van der Waals surface area contributed by atoms with E-state index in [0.717, 1.165) is 5.56 Å². The number of carbonyl (C=O) groups is 1. The molecule has 0 amide bonds. The van der Waals surface area contributed by atoms with Crippen molar-refractivity contribution in [1.82, 2.24) is 0 Å². The Hall–Kier alpha value is -1.59. The molecule has 1 rings (SSSR count). The molecule has 0 unspecified atom stereocenters. The topological polar surface area (TPSA) is 55.8 Å². The SMILES string of the molecule is C=C(C[C@@](C)(O)C(=O)OCc1ccccc1)O[Si](C(C)C)(C(C)C)C(C)C. The smallest absolute Gasteiger partial charge is 0.338 e. The van der Waals surface area contributed by atoms with Crippen LogP contribution in [0.25, 0.3) is 0 Å². The molecule has 0 saturated carbocycles. The summed E-state index contributed by atoms with van der Waals surface area (Å²) in [4.78, 5) is 12.4. The Morgan fingerprint density at radius 3 is 2.00 bits per heavy atom. The predicted octanol–water partition coefficient (Wildman–Crippen LogP) is 5.58. The zero-order valence-electron chi connectivity index (χ0n) is 17.9. The van der Waals surface area contributed by atoms with E-state index >= 15 is 0 Å². The summed E-state index contributed by atoms with van der Waals surface area (Å²) in [6, 6.07) is 9.41. The highest BCUT2D eigenvalue weighted by Gasteiger charge is 2.48. The summed E-state index contributed by atoms with van der Waals surface area (Å²) in [6.45, 7) is 18.7. The second-order valence-corrected chi connectivity index (χ2v) is 13.8. The van der Waals surface area contributed by atoms with E-state index in [1.165, 1.54) is 6.92 Å². The Kier molecular flexibility index (Phi) is 8.30. The summed E-state index contributed by atoms with van der Waals surface area (Å²) in [6.07, 6.45) is 0.0293. The maximum absolute atomic E-state index is 12.4. The van der Waals surface area contributed by atoms with E-state index < -0.39 is 19.9 Å². The lowest BCUT2D eigenvalue weighted by Crippen LogP contribution is -2.48. The van der Waals surface area contributed by atoms with Gasteiger partial charge in [-0.3, -0.25) is 0 Å². The van der Waals surface area contributed by atoms with Crippen LogP contribution in [-0.4, -0.2) is 25.0 Å². The number of ether oxygens (including phenoxy) is 1. The number of carbonyl (C=O) groups excluding carboxylic acids is 1. The Labute approximate surface area is 165 Å². The highest BCUT2D eigenvalue weighted by atomic mass is 28.4. The van der Waals surface area contributed by atoms with Gasteiger partial charge in [0.2, 0.25) is 0 Å². The lowest BCUT2D eigenvalue weighted by atomic mass is 10.0. The molecule has 0 aliphatic carbocycles. The third-order valence-electron chi connectivity index (χ3n) is 5.22. The molecule has 4 nitrogen and oxygen atoms in total. The fourth-order valence-corrected chi connectivity index (χ4v) is 9.25. The van der Waals surface area contributed by atoms with E-state index in [4.69, 9.17) is 9.16 Å². The quantitative estimate of drug-likeness (QED) is 0.321. The first-order valence-corrected chi connectivity index (χ1v) is 11.9. The molecular weight excluding hydrogens is 356 g/mol. The van der Waals surface area contributed by atoms with E-state index in [-0.39, 0.29) is 13.0 Å². The zero-order chi connectivity index (χ0) is 20.8. The van der Waals surface area contributed by atoms with Gasteiger partial charge in [0.15, 0.2) is 5.60 Å². The Balaban J connectivity index is 2.78. The molecule has 1 aromatic carbocycles. The minimum Gasteiger partial charge on any atom is -0.546 e. The number of hydrogen-bond acceptors (Lipinski definition) is 4. The first kappa shape index (κ1) is 23.4. The van der Waals surface area contributed by atoms with Gasteiger partial charge in [-0.15, -0.1) is 0 Å². The molecule has 5 heteroatoms. The van der Waals surface area contributed by atoms with Crippen LogP contribution in [0.3, 0.4) is 0 Å². The standard InChI is InChI=1S/C22H36O4Si/c1-16(2)27(17(3)4,18(5)6)26-19(7)14-22(8,24)21(23)25-15-20-12-10-9-11-13-20/h9-13,16-18,24H,7,14-15H2,1-6,8H3/t22-/m1/s1. The van der Waals surface area contributed by atoms with Gasteiger partial charge in [0.05, 0.1) is 5.76 Å². The number of esters is 1. The van der Waals surface area contributed by atoms with Crippen molar-refractivity contribution in [3.63, 3.8) is 0 Å². The minimum atomic E-state index is -2.16. The molecule has 1 N–H and O–H groups in total. The van der Waals surface area contributed by atoms with Gasteiger partial charge in [0.25, 0.3) is 8.32 Å². The van der Waals surface area contributed by atoms with Crippen molar-refractivity contribution in [1.29, 1.82) is 0 Å². The summed E-state index contributed by atoms with van der Waals surface area (Å²) >= 11 is 0. The molecule has 0 heterocycles. The van der Waals surface area contributed by atoms with Gasteiger partial charge in [-0.1, -0.05) is 78.5 Å². The fourth-order valence-electron chi connectivity index (χ4n) is 3.97. The maximum atomic E-state index is 12.4. The van der Waals surface area contributed by atoms with Crippen LogP contribution in [0.1, 0.15) is 60.5 Å². The molecule has 152 valence electrons. The van der Waals surface area contributed by atoms with Gasteiger partial charge in [-0.25, -0.2) is 4.79 Å². The number of hydrogen-bond donors (Lipinski definition) is 1. The second kappa shape index (κ2) is 9.56. The molecule has 0 bridgehead atoms. The molecule has 0 aliphatic heterocycles. The van der Waals surface area contributed by atoms with Crippen LogP contribution in [0.15, 0.2) is 42.7 Å². The highest BCUT2D eigenvalue weighted by Crippen LogP contribution is 2.44. The molecule has 0 fully saturated rings. The number of aliphatic hydroxyl groups is 1. The van der Waals surface area contributed by atoms with Crippen LogP contribution >= 0.6 is 0 Å². The van der Waals surface area contributed by atoms with Crippen LogP contribution in [0.5, 0.6) is 0 Å². The molecule has 0 spiro atoms. The average Bonchev–Trinajstić information content (AvgIpc) is 2.56. The molecule has 0 radical (unpaired) electrons. The van der Waals surface area contributed by atoms with Gasteiger partial charge >= 0.3 is 5.97 Å². The molecule has 1 aromatic rings. The molecule has 0 aliphatic rings. The molecular formula is C22H36O4Si. The van der Waals surface area contributed by atoms with Crippen LogP contribution in [0, 0.1) is 0 Å². The first-order valence-electron chi connectivity index (χ1n) is 9.73. The van der Waals surface area contributed by atoms with Gasteiger partial charge in [-0.05, 0) is 29.1 Å². The van der Waals surface area contributed by atoms with Crippen molar-refractivity contribution in [3.8, 4) is 0 Å². The van der Waals surface area contributed by atoms with E-state index in [1.54, 1.807) is 0 Å². The Morgan fingerprint density at radius 1 is 1.07 bits per heavy atom. The first-order chi connectivity index (χ1) is 12.4. The molecule has 0 saturated heterocycles. The number of benzene rings is 1. The van der Waals surface area contributed by atoms with Gasteiger partial charge in [-0.2, -0.15) is 0 Å². The molecule has 0 aromatic heterocycles. The third-order valence-corrected chi connectivity index (χ3v) is 11.3. The molecule has 1 atom stereocenters. The second-order valence-electron chi connectivity index (χ2n) is 8.47. The fraction of sp³-hybridized carbons (Fsp3) is 0.591. The monoisotopic (exact) mass is 392 g/mol.